The first kappa shape index (κ1) is 30.0. The summed E-state index contributed by atoms with van der Waals surface area (Å²) in [6.07, 6.45) is 0. The maximum atomic E-state index is 2.44. The van der Waals surface area contributed by atoms with Crippen molar-refractivity contribution < 1.29 is 0 Å². The van der Waals surface area contributed by atoms with Gasteiger partial charge in [0, 0.05) is 32.9 Å². The number of rotatable bonds is 3. The molecule has 0 bridgehead atoms. The van der Waals surface area contributed by atoms with Gasteiger partial charge < -0.3 is 9.13 Å². The number of para-hydroxylation sites is 2. The van der Waals surface area contributed by atoms with Crippen molar-refractivity contribution in [3.8, 4) is 44.8 Å². The third-order valence-electron chi connectivity index (χ3n) is 12.4. The molecule has 10 aromatic carbocycles. The molecule has 1 aliphatic carbocycles. The van der Waals surface area contributed by atoms with Crippen molar-refractivity contribution in [1.82, 2.24) is 9.13 Å². The molecule has 0 saturated carbocycles. The molecule has 2 nitrogen and oxygen atoms in total. The molecule has 2 heteroatoms. The number of aromatic nitrogens is 2. The summed E-state index contributed by atoms with van der Waals surface area (Å²) in [5, 5.41) is 12.7. The Balaban J connectivity index is 0.954. The van der Waals surface area contributed by atoms with Crippen LogP contribution in [0.4, 0.5) is 0 Å². The average molecular weight is 709 g/mol. The van der Waals surface area contributed by atoms with Gasteiger partial charge in [-0.1, -0.05) is 121 Å². The minimum atomic E-state index is 1.16. The number of hydrogen-bond donors (Lipinski definition) is 0. The Kier molecular flexibility index (Phi) is 5.92. The average Bonchev–Trinajstić information content (AvgIpc) is 3.88. The lowest BCUT2D eigenvalue weighted by Crippen LogP contribution is -1.96. The monoisotopic (exact) mass is 708 g/mol. The Morgan fingerprint density at radius 1 is 0.250 bits per heavy atom. The summed E-state index contributed by atoms with van der Waals surface area (Å²) in [6.45, 7) is 0. The summed E-state index contributed by atoms with van der Waals surface area (Å²) in [6, 6.07) is 72.1. The summed E-state index contributed by atoms with van der Waals surface area (Å²) < 4.78 is 4.87. The molecule has 0 fully saturated rings. The highest BCUT2D eigenvalue weighted by Crippen LogP contribution is 2.49. The molecule has 0 unspecified atom stereocenters. The number of benzene rings is 10. The van der Waals surface area contributed by atoms with Crippen LogP contribution in [0.2, 0.25) is 0 Å². The van der Waals surface area contributed by atoms with Crippen LogP contribution in [0.5, 0.6) is 0 Å². The molecule has 13 rings (SSSR count). The normalized spacial score (nSPS) is 12.3. The standard InChI is InChI=1S/C54H32N2/c1-2-11-34-31-53-47(29-33(34)10-1)44-15-5-8-19-51(44)56(53)41-24-25-52-48(32-41)45-16-6-7-18-50(45)55(52)40-23-22-35-26-36(20-21-37(35)28-40)39-27-38-12-9-17-46-42-13-3-4-14-43(42)49(30-39)54(38)46/h1-32H. The van der Waals surface area contributed by atoms with E-state index >= 15 is 0 Å². The third-order valence-corrected chi connectivity index (χ3v) is 12.4. The zero-order chi connectivity index (χ0) is 36.5. The molecule has 0 atom stereocenters. The molecule has 0 spiro atoms. The van der Waals surface area contributed by atoms with E-state index in [2.05, 4.69) is 203 Å². The second-order valence-electron chi connectivity index (χ2n) is 15.3. The van der Waals surface area contributed by atoms with Crippen LogP contribution < -0.4 is 0 Å². The minimum absolute atomic E-state index is 1.16. The van der Waals surface area contributed by atoms with E-state index in [1.54, 1.807) is 0 Å². The Morgan fingerprint density at radius 3 is 1.61 bits per heavy atom. The molecule has 56 heavy (non-hydrogen) atoms. The van der Waals surface area contributed by atoms with Crippen LogP contribution in [0.1, 0.15) is 0 Å². The predicted octanol–water partition coefficient (Wildman–Crippen LogP) is 14.7. The fourth-order valence-corrected chi connectivity index (χ4v) is 9.85. The van der Waals surface area contributed by atoms with E-state index < -0.39 is 0 Å². The van der Waals surface area contributed by atoms with Gasteiger partial charge in [0.2, 0.25) is 0 Å². The van der Waals surface area contributed by atoms with E-state index in [0.717, 1.165) is 5.69 Å². The van der Waals surface area contributed by atoms with Crippen LogP contribution in [0.15, 0.2) is 194 Å². The molecule has 0 radical (unpaired) electrons. The molecule has 0 amide bonds. The Bertz CT molecular complexity index is 3650. The molecule has 258 valence electrons. The summed E-state index contributed by atoms with van der Waals surface area (Å²) in [5.74, 6) is 0. The quantitative estimate of drug-likeness (QED) is 0.173. The maximum absolute atomic E-state index is 2.44. The van der Waals surface area contributed by atoms with Crippen molar-refractivity contribution in [2.75, 3.05) is 0 Å². The van der Waals surface area contributed by atoms with Crippen molar-refractivity contribution >= 4 is 75.9 Å². The topological polar surface area (TPSA) is 9.86 Å². The van der Waals surface area contributed by atoms with Crippen molar-refractivity contribution in [1.29, 1.82) is 0 Å². The van der Waals surface area contributed by atoms with Gasteiger partial charge in [-0.05, 0) is 138 Å². The summed E-state index contributed by atoms with van der Waals surface area (Å²) >= 11 is 0. The summed E-state index contributed by atoms with van der Waals surface area (Å²) in [7, 11) is 0. The highest BCUT2D eigenvalue weighted by Gasteiger charge is 2.22. The fourth-order valence-electron chi connectivity index (χ4n) is 9.85. The SMILES string of the molecule is c1ccc2c(c1)-c1cccc3cc(-c4ccc5cc(-n6c7ccccc7c7cc(-n8c9ccccc9c9cc%10ccccc%10cc98)ccc76)ccc5c4)cc-2c13. The predicted molar refractivity (Wildman–Crippen MR) is 238 cm³/mol. The first-order chi connectivity index (χ1) is 27.7. The van der Waals surface area contributed by atoms with E-state index in [4.69, 9.17) is 0 Å². The van der Waals surface area contributed by atoms with Gasteiger partial charge in [-0.25, -0.2) is 0 Å². The summed E-state index contributed by atoms with van der Waals surface area (Å²) in [4.78, 5) is 0. The fraction of sp³-hybridized carbons (Fsp3) is 0. The van der Waals surface area contributed by atoms with Crippen molar-refractivity contribution in [2.45, 2.75) is 0 Å². The number of fused-ring (bicyclic) bond motifs is 11. The van der Waals surface area contributed by atoms with E-state index in [1.807, 2.05) is 0 Å². The van der Waals surface area contributed by atoms with Gasteiger partial charge in [0.1, 0.15) is 0 Å². The highest BCUT2D eigenvalue weighted by atomic mass is 15.0. The number of hydrogen-bond acceptors (Lipinski definition) is 0. The first-order valence-corrected chi connectivity index (χ1v) is 19.4. The van der Waals surface area contributed by atoms with Crippen LogP contribution in [0, 0.1) is 0 Å². The van der Waals surface area contributed by atoms with Gasteiger partial charge in [-0.15, -0.1) is 0 Å². The zero-order valence-electron chi connectivity index (χ0n) is 30.4. The van der Waals surface area contributed by atoms with Crippen molar-refractivity contribution in [2.24, 2.45) is 0 Å². The van der Waals surface area contributed by atoms with Gasteiger partial charge in [0.15, 0.2) is 0 Å². The second-order valence-corrected chi connectivity index (χ2v) is 15.3. The van der Waals surface area contributed by atoms with Gasteiger partial charge in [0.25, 0.3) is 0 Å². The van der Waals surface area contributed by atoms with Crippen molar-refractivity contribution in [3.05, 3.63) is 194 Å². The van der Waals surface area contributed by atoms with E-state index in [0.29, 0.717) is 0 Å². The molecule has 2 heterocycles. The third kappa shape index (κ3) is 4.10. The van der Waals surface area contributed by atoms with Gasteiger partial charge in [-0.3, -0.25) is 0 Å². The first-order valence-electron chi connectivity index (χ1n) is 19.4. The van der Waals surface area contributed by atoms with Crippen molar-refractivity contribution in [3.63, 3.8) is 0 Å². The van der Waals surface area contributed by atoms with E-state index in [1.165, 1.54) is 115 Å². The largest absolute Gasteiger partial charge is 0.309 e. The molecular weight excluding hydrogens is 677 g/mol. The maximum Gasteiger partial charge on any atom is 0.0547 e. The smallest absolute Gasteiger partial charge is 0.0547 e. The van der Waals surface area contributed by atoms with Crippen LogP contribution in [0.3, 0.4) is 0 Å². The molecular formula is C54H32N2. The highest BCUT2D eigenvalue weighted by molar-refractivity contribution is 6.17. The van der Waals surface area contributed by atoms with Gasteiger partial charge >= 0.3 is 0 Å². The molecule has 2 aromatic heterocycles. The Labute approximate surface area is 322 Å². The van der Waals surface area contributed by atoms with Crippen LogP contribution in [-0.2, 0) is 0 Å². The molecule has 12 aromatic rings. The lowest BCUT2D eigenvalue weighted by atomic mass is 9.95. The van der Waals surface area contributed by atoms with Crippen LogP contribution >= 0.6 is 0 Å². The lowest BCUT2D eigenvalue weighted by Gasteiger charge is -2.12. The lowest BCUT2D eigenvalue weighted by molar-refractivity contribution is 1.17. The number of nitrogens with zero attached hydrogens (tertiary/aromatic N) is 2. The van der Waals surface area contributed by atoms with E-state index in [-0.39, 0.29) is 0 Å². The molecule has 0 saturated heterocycles. The summed E-state index contributed by atoms with van der Waals surface area (Å²) in [5.41, 5.74) is 15.0. The van der Waals surface area contributed by atoms with Gasteiger partial charge in [-0.2, -0.15) is 0 Å². The second kappa shape index (κ2) is 11.1. The Morgan fingerprint density at radius 2 is 0.786 bits per heavy atom. The molecule has 0 aliphatic heterocycles. The molecule has 0 N–H and O–H groups in total. The van der Waals surface area contributed by atoms with Gasteiger partial charge in [0.05, 0.1) is 22.1 Å². The zero-order valence-corrected chi connectivity index (χ0v) is 30.4. The molecule has 1 aliphatic rings. The minimum Gasteiger partial charge on any atom is -0.309 e. The van der Waals surface area contributed by atoms with E-state index in [9.17, 15) is 0 Å². The van der Waals surface area contributed by atoms with Crippen LogP contribution in [-0.4, -0.2) is 9.13 Å². The Hall–Kier alpha value is -7.42. The van der Waals surface area contributed by atoms with Crippen LogP contribution in [0.25, 0.3) is 121 Å².